The molecule has 0 radical (unpaired) electrons. The number of nitrogens with one attached hydrogen (secondary N) is 1. The third-order valence-electron chi connectivity index (χ3n) is 6.37. The number of aromatic amines is 1. The fraction of sp³-hybridized carbons (Fsp3) is 0.207. The average molecular weight is 453 g/mol. The Bertz CT molecular complexity index is 1320. The van der Waals surface area contributed by atoms with Crippen molar-refractivity contribution in [2.24, 2.45) is 0 Å². The van der Waals surface area contributed by atoms with Gasteiger partial charge in [0.2, 0.25) is 5.91 Å². The topological polar surface area (TPSA) is 54.6 Å². The smallest absolute Gasteiger partial charge is 0.247 e. The molecule has 172 valence electrons. The third-order valence-corrected chi connectivity index (χ3v) is 6.37. The number of methoxy groups -OCH3 is 1. The van der Waals surface area contributed by atoms with E-state index < -0.39 is 0 Å². The molecule has 0 spiro atoms. The maximum absolute atomic E-state index is 13.0. The molecule has 1 amide bonds. The van der Waals surface area contributed by atoms with E-state index >= 15 is 0 Å². The average Bonchev–Trinajstić information content (AvgIpc) is 3.26. The second kappa shape index (κ2) is 9.48. The predicted molar refractivity (Wildman–Crippen MR) is 134 cm³/mol. The number of ether oxygens (including phenoxy) is 2. The summed E-state index contributed by atoms with van der Waals surface area (Å²) in [5.41, 5.74) is 5.53. The van der Waals surface area contributed by atoms with E-state index in [9.17, 15) is 4.79 Å². The van der Waals surface area contributed by atoms with Crippen LogP contribution in [-0.4, -0.2) is 29.4 Å². The van der Waals surface area contributed by atoms with Gasteiger partial charge in [-0.25, -0.2) is 0 Å². The normalized spacial score (nSPS) is 15.5. The maximum atomic E-state index is 13.0. The number of H-pyrrole nitrogens is 1. The van der Waals surface area contributed by atoms with Gasteiger partial charge in [-0.2, -0.15) is 0 Å². The minimum absolute atomic E-state index is 0.0128. The molecule has 0 aliphatic carbocycles. The van der Waals surface area contributed by atoms with Crippen molar-refractivity contribution in [2.45, 2.75) is 26.0 Å². The van der Waals surface area contributed by atoms with Crippen molar-refractivity contribution in [1.82, 2.24) is 9.88 Å². The van der Waals surface area contributed by atoms with Crippen LogP contribution >= 0.6 is 0 Å². The first-order valence-corrected chi connectivity index (χ1v) is 11.6. The first kappa shape index (κ1) is 21.8. The predicted octanol–water partition coefficient (Wildman–Crippen LogP) is 5.81. The molecule has 0 saturated heterocycles. The molecule has 3 aromatic carbocycles. The molecule has 4 aromatic rings. The van der Waals surface area contributed by atoms with Gasteiger partial charge in [-0.1, -0.05) is 48.5 Å². The summed E-state index contributed by atoms with van der Waals surface area (Å²) < 4.78 is 11.4. The fourth-order valence-corrected chi connectivity index (χ4v) is 4.70. The van der Waals surface area contributed by atoms with Gasteiger partial charge >= 0.3 is 0 Å². The number of carbonyl (C=O) groups excluding carboxylic acids is 1. The lowest BCUT2D eigenvalue weighted by atomic mass is 9.92. The van der Waals surface area contributed by atoms with Crippen LogP contribution in [-0.2, 0) is 17.8 Å². The number of nitrogens with zero attached hydrogens (tertiary/aromatic N) is 1. The maximum Gasteiger partial charge on any atom is 0.247 e. The van der Waals surface area contributed by atoms with Crippen LogP contribution in [0.2, 0.25) is 0 Å². The zero-order valence-electron chi connectivity index (χ0n) is 19.5. The molecule has 1 atom stereocenters. The van der Waals surface area contributed by atoms with E-state index in [0.29, 0.717) is 13.2 Å². The number of rotatable bonds is 6. The molecule has 0 bridgehead atoms. The minimum Gasteiger partial charge on any atom is -0.497 e. The Morgan fingerprint density at radius 1 is 1.06 bits per heavy atom. The van der Waals surface area contributed by atoms with Crippen LogP contribution in [0.5, 0.6) is 11.5 Å². The molecule has 0 fully saturated rings. The van der Waals surface area contributed by atoms with E-state index in [-0.39, 0.29) is 11.9 Å². The lowest BCUT2D eigenvalue weighted by Crippen LogP contribution is -2.39. The van der Waals surface area contributed by atoms with Gasteiger partial charge in [0.1, 0.15) is 18.1 Å². The summed E-state index contributed by atoms with van der Waals surface area (Å²) in [6.07, 6.45) is 4.23. The molecule has 0 saturated carbocycles. The summed E-state index contributed by atoms with van der Waals surface area (Å²) in [4.78, 5) is 18.6. The highest BCUT2D eigenvalue weighted by Crippen LogP contribution is 2.39. The molecular formula is C29H28N2O3. The first-order chi connectivity index (χ1) is 16.7. The molecule has 1 N–H and O–H groups in total. The SMILES string of the molecule is C/C=C/C(=O)N1CCc2c([nH]c3ccc(OC)cc23)C1c1ccc(OCc2ccccc2)cc1. The van der Waals surface area contributed by atoms with Gasteiger partial charge in [0.25, 0.3) is 0 Å². The summed E-state index contributed by atoms with van der Waals surface area (Å²) in [6.45, 7) is 3.04. The van der Waals surface area contributed by atoms with Crippen molar-refractivity contribution in [3.05, 3.63) is 107 Å². The largest absolute Gasteiger partial charge is 0.497 e. The summed E-state index contributed by atoms with van der Waals surface area (Å²) in [7, 11) is 1.68. The molecule has 5 nitrogen and oxygen atoms in total. The Kier molecular flexibility index (Phi) is 6.09. The third kappa shape index (κ3) is 4.17. The number of benzene rings is 3. The molecule has 1 aliphatic heterocycles. The van der Waals surface area contributed by atoms with Crippen molar-refractivity contribution in [3.63, 3.8) is 0 Å². The minimum atomic E-state index is -0.200. The molecule has 5 heteroatoms. The van der Waals surface area contributed by atoms with Crippen molar-refractivity contribution in [1.29, 1.82) is 0 Å². The van der Waals surface area contributed by atoms with E-state index in [0.717, 1.165) is 45.6 Å². The molecule has 34 heavy (non-hydrogen) atoms. The van der Waals surface area contributed by atoms with E-state index in [1.54, 1.807) is 19.3 Å². The zero-order valence-corrected chi connectivity index (χ0v) is 19.5. The number of aromatic nitrogens is 1. The highest BCUT2D eigenvalue weighted by Gasteiger charge is 2.33. The molecule has 1 aromatic heterocycles. The Morgan fingerprint density at radius 2 is 1.82 bits per heavy atom. The Balaban J connectivity index is 1.49. The van der Waals surface area contributed by atoms with Crippen LogP contribution in [0.15, 0.2) is 84.9 Å². The van der Waals surface area contributed by atoms with Crippen LogP contribution < -0.4 is 9.47 Å². The van der Waals surface area contributed by atoms with Crippen molar-refractivity contribution in [3.8, 4) is 11.5 Å². The van der Waals surface area contributed by atoms with Crippen LogP contribution in [0, 0.1) is 0 Å². The highest BCUT2D eigenvalue weighted by atomic mass is 16.5. The monoisotopic (exact) mass is 452 g/mol. The van der Waals surface area contributed by atoms with E-state index in [1.807, 2.05) is 66.4 Å². The van der Waals surface area contributed by atoms with E-state index in [2.05, 4.69) is 23.2 Å². The first-order valence-electron chi connectivity index (χ1n) is 11.6. The van der Waals surface area contributed by atoms with Crippen molar-refractivity contribution >= 4 is 16.8 Å². The summed E-state index contributed by atoms with van der Waals surface area (Å²) in [5, 5.41) is 1.15. The lowest BCUT2D eigenvalue weighted by molar-refractivity contribution is -0.128. The quantitative estimate of drug-likeness (QED) is 0.376. The van der Waals surface area contributed by atoms with Gasteiger partial charge in [-0.3, -0.25) is 4.79 Å². The number of fused-ring (bicyclic) bond motifs is 3. The van der Waals surface area contributed by atoms with Gasteiger partial charge < -0.3 is 19.4 Å². The summed E-state index contributed by atoms with van der Waals surface area (Å²) in [6, 6.07) is 24.1. The van der Waals surface area contributed by atoms with Crippen LogP contribution in [0.3, 0.4) is 0 Å². The zero-order chi connectivity index (χ0) is 23.5. The van der Waals surface area contributed by atoms with Crippen molar-refractivity contribution < 1.29 is 14.3 Å². The van der Waals surface area contributed by atoms with Crippen LogP contribution in [0.1, 0.15) is 35.3 Å². The van der Waals surface area contributed by atoms with Gasteiger partial charge in [0.05, 0.1) is 13.2 Å². The van der Waals surface area contributed by atoms with E-state index in [4.69, 9.17) is 9.47 Å². The Labute approximate surface area is 199 Å². The van der Waals surface area contributed by atoms with Gasteiger partial charge in [-0.15, -0.1) is 0 Å². The van der Waals surface area contributed by atoms with Crippen LogP contribution in [0.4, 0.5) is 0 Å². The summed E-state index contributed by atoms with van der Waals surface area (Å²) in [5.74, 6) is 1.65. The highest BCUT2D eigenvalue weighted by molar-refractivity contribution is 5.90. The molecule has 1 aliphatic rings. The number of amides is 1. The second-order valence-electron chi connectivity index (χ2n) is 8.46. The molecule has 5 rings (SSSR count). The van der Waals surface area contributed by atoms with Gasteiger partial charge in [-0.05, 0) is 66.4 Å². The number of hydrogen-bond donors (Lipinski definition) is 1. The molecule has 2 heterocycles. The van der Waals surface area contributed by atoms with Gasteiger partial charge in [0, 0.05) is 23.1 Å². The van der Waals surface area contributed by atoms with Crippen LogP contribution in [0.25, 0.3) is 10.9 Å². The van der Waals surface area contributed by atoms with E-state index in [1.165, 1.54) is 5.56 Å². The lowest BCUT2D eigenvalue weighted by Gasteiger charge is -2.35. The molecule has 1 unspecified atom stereocenters. The second-order valence-corrected chi connectivity index (χ2v) is 8.46. The number of carbonyl (C=O) groups is 1. The standard InChI is InChI=1S/C29H28N2O3/c1-3-7-27(32)31-17-16-24-25-18-23(33-2)14-15-26(25)30-28(24)29(31)21-10-12-22(13-11-21)34-19-20-8-5-4-6-9-20/h3-15,18,29-30H,16-17,19H2,1-2H3/b7-3+. The number of allylic oxidation sites excluding steroid dienone is 1. The Morgan fingerprint density at radius 3 is 2.56 bits per heavy atom. The number of hydrogen-bond acceptors (Lipinski definition) is 3. The fourth-order valence-electron chi connectivity index (χ4n) is 4.70. The summed E-state index contributed by atoms with van der Waals surface area (Å²) >= 11 is 0. The van der Waals surface area contributed by atoms with Crippen molar-refractivity contribution in [2.75, 3.05) is 13.7 Å². The Hall–Kier alpha value is -3.99. The van der Waals surface area contributed by atoms with Gasteiger partial charge in [0.15, 0.2) is 0 Å². The molecular weight excluding hydrogens is 424 g/mol.